The number of hydrogen-bond donors (Lipinski definition) is 0. The van der Waals surface area contributed by atoms with Gasteiger partial charge in [-0.3, -0.25) is 0 Å². The lowest BCUT2D eigenvalue weighted by Crippen LogP contribution is -2.30. The number of para-hydroxylation sites is 1. The van der Waals surface area contributed by atoms with Gasteiger partial charge in [0.1, 0.15) is 7.05 Å². The van der Waals surface area contributed by atoms with Gasteiger partial charge in [-0.2, -0.15) is 0 Å². The number of benzene rings is 1. The lowest BCUT2D eigenvalue weighted by molar-refractivity contribution is -0.731. The fourth-order valence-corrected chi connectivity index (χ4v) is 1.64. The van der Waals surface area contributed by atoms with Crippen LogP contribution >= 0.6 is 0 Å². The van der Waals surface area contributed by atoms with Gasteiger partial charge in [-0.15, -0.1) is 4.68 Å². The second-order valence-corrected chi connectivity index (χ2v) is 3.88. The van der Waals surface area contributed by atoms with Crippen molar-refractivity contribution in [2.24, 2.45) is 12.0 Å². The molecule has 17 heavy (non-hydrogen) atoms. The highest BCUT2D eigenvalue weighted by molar-refractivity contribution is 5.71. The van der Waals surface area contributed by atoms with Crippen LogP contribution in [0.4, 0.5) is 5.82 Å². The van der Waals surface area contributed by atoms with Gasteiger partial charge in [0, 0.05) is 0 Å². The molecular formula is C12H14N4O. The zero-order chi connectivity index (χ0) is 12.4. The molecule has 0 aliphatic rings. The first kappa shape index (κ1) is 11.3. The summed E-state index contributed by atoms with van der Waals surface area (Å²) in [6.45, 7) is 3.42. The molecule has 0 N–H and O–H groups in total. The van der Waals surface area contributed by atoms with Gasteiger partial charge in [0.15, 0.2) is 11.9 Å². The summed E-state index contributed by atoms with van der Waals surface area (Å²) in [6, 6.07) is 7.84. The van der Waals surface area contributed by atoms with E-state index < -0.39 is 0 Å². The molecule has 1 aromatic heterocycles. The van der Waals surface area contributed by atoms with Crippen molar-refractivity contribution in [3.63, 3.8) is 0 Å². The topological polar surface area (TPSA) is 57.1 Å². The van der Waals surface area contributed by atoms with Crippen molar-refractivity contribution in [3.05, 3.63) is 36.0 Å². The summed E-state index contributed by atoms with van der Waals surface area (Å²) < 4.78 is 3.30. The van der Waals surface area contributed by atoms with Crippen LogP contribution in [-0.2, 0) is 7.05 Å². The summed E-state index contributed by atoms with van der Waals surface area (Å²) in [4.78, 5) is 3.94. The van der Waals surface area contributed by atoms with Crippen LogP contribution < -0.4 is 9.79 Å². The summed E-state index contributed by atoms with van der Waals surface area (Å²) in [5, 5.41) is 15.4. The Hall–Kier alpha value is -2.17. The molecule has 1 aromatic carbocycles. The van der Waals surface area contributed by atoms with E-state index in [4.69, 9.17) is 0 Å². The molecule has 0 saturated heterocycles. The van der Waals surface area contributed by atoms with Crippen molar-refractivity contribution in [3.8, 4) is 5.69 Å². The predicted octanol–water partition coefficient (Wildman–Crippen LogP) is 0.415. The maximum absolute atomic E-state index is 11.1. The van der Waals surface area contributed by atoms with E-state index in [0.29, 0.717) is 5.82 Å². The third-order valence-electron chi connectivity index (χ3n) is 2.37. The Morgan fingerprint density at radius 2 is 2.12 bits per heavy atom. The average Bonchev–Trinajstić information content (AvgIpc) is 2.59. The van der Waals surface area contributed by atoms with Gasteiger partial charge in [0.25, 0.3) is 5.82 Å². The molecule has 0 atom stereocenters. The zero-order valence-corrected chi connectivity index (χ0v) is 10.1. The normalized spacial score (nSPS) is 11.8. The molecule has 0 aliphatic carbocycles. The standard InChI is InChI=1S/C12H14N4O/c1-9-6-4-5-7-11(9)16-12(13-10(2)17)8-15(3)14-16/h4-8H,1-3H3. The SMILES string of the molecule is C/C([O-])=N/c1c[n+](C)nn1-c1ccccc1C. The van der Waals surface area contributed by atoms with Crippen LogP contribution in [0.5, 0.6) is 0 Å². The maximum Gasteiger partial charge on any atom is 0.288 e. The molecule has 0 aliphatic heterocycles. The van der Waals surface area contributed by atoms with E-state index in [0.717, 1.165) is 11.3 Å². The molecule has 0 spiro atoms. The van der Waals surface area contributed by atoms with Crippen LogP contribution in [0.3, 0.4) is 0 Å². The first-order valence-corrected chi connectivity index (χ1v) is 5.32. The van der Waals surface area contributed by atoms with Gasteiger partial charge in [0.05, 0.1) is 5.21 Å². The van der Waals surface area contributed by atoms with E-state index >= 15 is 0 Å². The summed E-state index contributed by atoms with van der Waals surface area (Å²) >= 11 is 0. The van der Waals surface area contributed by atoms with Crippen LogP contribution in [0.15, 0.2) is 35.5 Å². The van der Waals surface area contributed by atoms with E-state index in [1.807, 2.05) is 31.2 Å². The van der Waals surface area contributed by atoms with Crippen LogP contribution in [0.2, 0.25) is 0 Å². The molecule has 5 heteroatoms. The van der Waals surface area contributed by atoms with Crippen molar-refractivity contribution >= 4 is 11.7 Å². The van der Waals surface area contributed by atoms with Gasteiger partial charge < -0.3 is 5.11 Å². The van der Waals surface area contributed by atoms with Crippen LogP contribution in [0.25, 0.3) is 5.69 Å². The van der Waals surface area contributed by atoms with E-state index in [1.165, 1.54) is 6.92 Å². The Labute approximate surface area is 99.6 Å². The summed E-state index contributed by atoms with van der Waals surface area (Å²) in [6.07, 6.45) is 1.72. The number of rotatable bonds is 2. The van der Waals surface area contributed by atoms with Crippen LogP contribution in [0.1, 0.15) is 12.5 Å². The monoisotopic (exact) mass is 230 g/mol. The first-order valence-electron chi connectivity index (χ1n) is 5.32. The quantitative estimate of drug-likeness (QED) is 0.426. The largest absolute Gasteiger partial charge is 0.862 e. The predicted molar refractivity (Wildman–Crippen MR) is 62.2 cm³/mol. The fraction of sp³-hybridized carbons (Fsp3) is 0.250. The van der Waals surface area contributed by atoms with E-state index in [9.17, 15) is 5.11 Å². The molecule has 2 aromatic rings. The number of nitrogens with zero attached hydrogens (tertiary/aromatic N) is 4. The van der Waals surface area contributed by atoms with Crippen molar-refractivity contribution in [2.45, 2.75) is 13.8 Å². The first-order chi connectivity index (χ1) is 8.08. The lowest BCUT2D eigenvalue weighted by atomic mass is 10.2. The third kappa shape index (κ3) is 2.33. The Morgan fingerprint density at radius 1 is 1.41 bits per heavy atom. The van der Waals surface area contributed by atoms with Crippen molar-refractivity contribution in [1.82, 2.24) is 9.90 Å². The lowest BCUT2D eigenvalue weighted by Gasteiger charge is -2.02. The highest BCUT2D eigenvalue weighted by Gasteiger charge is 2.16. The molecular weight excluding hydrogens is 216 g/mol. The second kappa shape index (κ2) is 4.37. The molecule has 88 valence electrons. The van der Waals surface area contributed by atoms with E-state index in [-0.39, 0.29) is 5.90 Å². The van der Waals surface area contributed by atoms with E-state index in [2.05, 4.69) is 10.2 Å². The van der Waals surface area contributed by atoms with Gasteiger partial charge in [-0.1, -0.05) is 22.9 Å². The minimum Gasteiger partial charge on any atom is -0.862 e. The van der Waals surface area contributed by atoms with E-state index in [1.54, 1.807) is 22.6 Å². The Bertz CT molecular complexity index is 568. The fourth-order valence-electron chi connectivity index (χ4n) is 1.64. The molecule has 0 bridgehead atoms. The van der Waals surface area contributed by atoms with Crippen molar-refractivity contribution in [2.75, 3.05) is 0 Å². The number of aromatic nitrogens is 3. The number of hydrogen-bond acceptors (Lipinski definition) is 3. The van der Waals surface area contributed by atoms with Crippen molar-refractivity contribution < 1.29 is 9.79 Å². The molecule has 2 rings (SSSR count). The van der Waals surface area contributed by atoms with Crippen LogP contribution in [0, 0.1) is 6.92 Å². The molecule has 1 heterocycles. The van der Waals surface area contributed by atoms with Crippen molar-refractivity contribution in [1.29, 1.82) is 0 Å². The molecule has 0 unspecified atom stereocenters. The Balaban J connectivity index is 2.60. The summed E-state index contributed by atoms with van der Waals surface area (Å²) in [7, 11) is 1.80. The Kier molecular flexibility index (Phi) is 2.91. The Morgan fingerprint density at radius 3 is 2.76 bits per heavy atom. The van der Waals surface area contributed by atoms with Crippen LogP contribution in [-0.4, -0.2) is 15.8 Å². The van der Waals surface area contributed by atoms with Gasteiger partial charge >= 0.3 is 0 Å². The molecule has 0 saturated carbocycles. The summed E-state index contributed by atoms with van der Waals surface area (Å²) in [5.41, 5.74) is 2.00. The van der Waals surface area contributed by atoms with Gasteiger partial charge in [-0.25, -0.2) is 4.99 Å². The zero-order valence-electron chi connectivity index (χ0n) is 10.1. The second-order valence-electron chi connectivity index (χ2n) is 3.88. The number of aryl methyl sites for hydroxylation is 2. The number of aliphatic imine (C=N–C) groups is 1. The molecule has 0 amide bonds. The maximum atomic E-state index is 11.1. The average molecular weight is 230 g/mol. The van der Waals surface area contributed by atoms with Gasteiger partial charge in [-0.05, 0) is 31.4 Å². The van der Waals surface area contributed by atoms with Gasteiger partial charge in [0.2, 0.25) is 0 Å². The summed E-state index contributed by atoms with van der Waals surface area (Å²) in [5.74, 6) is 0.301. The molecule has 5 nitrogen and oxygen atoms in total. The minimum absolute atomic E-state index is 0.236. The highest BCUT2D eigenvalue weighted by atomic mass is 16.3. The minimum atomic E-state index is -0.236. The smallest absolute Gasteiger partial charge is 0.288 e. The molecule has 0 radical (unpaired) electrons. The highest BCUT2D eigenvalue weighted by Crippen LogP contribution is 2.18. The molecule has 0 fully saturated rings. The third-order valence-corrected chi connectivity index (χ3v) is 2.37.